The number of aliphatic hydroxyl groups excluding tert-OH is 9. The Morgan fingerprint density at radius 1 is 0.605 bits per heavy atom. The van der Waals surface area contributed by atoms with Crippen LogP contribution in [0.5, 0.6) is 0 Å². The van der Waals surface area contributed by atoms with E-state index in [1.165, 1.54) is 0 Å². The van der Waals surface area contributed by atoms with E-state index in [1.807, 2.05) is 0 Å². The molecule has 0 aromatic rings. The van der Waals surface area contributed by atoms with Crippen LogP contribution in [0.25, 0.3) is 0 Å². The maximum Gasteiger partial charge on any atom is 0.187 e. The lowest BCUT2D eigenvalue weighted by molar-refractivity contribution is -0.351. The lowest BCUT2D eigenvalue weighted by atomic mass is 10.0. The van der Waals surface area contributed by atoms with Crippen molar-refractivity contribution >= 4 is 0 Å². The second-order valence-corrected chi connectivity index (χ2v) is 9.46. The van der Waals surface area contributed by atoms with Gasteiger partial charge in [-0.2, -0.15) is 5.48 Å². The first-order valence-electron chi connectivity index (χ1n) is 12.0. The second kappa shape index (κ2) is 12.9. The van der Waals surface area contributed by atoms with E-state index in [1.54, 1.807) is 5.48 Å². The molecule has 16 atom stereocenters. The van der Waals surface area contributed by atoms with Crippen molar-refractivity contribution in [3.63, 3.8) is 0 Å². The van der Waals surface area contributed by atoms with Crippen LogP contribution in [-0.2, 0) is 33.2 Å². The Kier molecular flexibility index (Phi) is 10.2. The van der Waals surface area contributed by atoms with Crippen molar-refractivity contribution in [1.29, 1.82) is 0 Å². The first-order valence-corrected chi connectivity index (χ1v) is 12.0. The zero-order chi connectivity index (χ0) is 27.7. The summed E-state index contributed by atoms with van der Waals surface area (Å²) in [5.41, 5.74) is 1.68. The number of nitrogens with one attached hydrogen (secondary N) is 1. The average Bonchev–Trinajstić information content (AvgIpc) is 3.18. The minimum atomic E-state index is -1.72. The predicted octanol–water partition coefficient (Wildman–Crippen LogP) is -7.21. The molecule has 4 rings (SSSR count). The van der Waals surface area contributed by atoms with Crippen LogP contribution in [0.15, 0.2) is 0 Å². The molecule has 4 heterocycles. The summed E-state index contributed by atoms with van der Waals surface area (Å²) in [5.74, 6) is 0. The standard InChI is InChI=1S/C20H35NO17/c22-1-6-9(24)14(29)20(35-6)38-16-5(23)2-33-19(15(16)30)37-8-4-34-18(13(28)11(8)26)36-7-3-32-17(21-31)12(27)10(7)25/h5-31H,1-4H2/t5-,6+,7-,8-,9?,10?,11?,12?,13?,14+,15?,16?,17-,18+,19+,20+/m1/s1. The Hall–Kier alpha value is -0.720. The molecular formula is C20H35NO17. The fourth-order valence-electron chi connectivity index (χ4n) is 4.57. The molecule has 0 aliphatic carbocycles. The summed E-state index contributed by atoms with van der Waals surface area (Å²) in [7, 11) is 0. The van der Waals surface area contributed by atoms with Crippen molar-refractivity contribution in [3.05, 3.63) is 0 Å². The number of hydroxylamine groups is 1. The lowest BCUT2D eigenvalue weighted by Crippen LogP contribution is -2.62. The summed E-state index contributed by atoms with van der Waals surface area (Å²) in [4.78, 5) is 0. The number of hydrogen-bond acceptors (Lipinski definition) is 18. The number of aliphatic hydroxyl groups is 9. The minimum absolute atomic E-state index is 0.291. The highest BCUT2D eigenvalue weighted by molar-refractivity contribution is 4.92. The molecule has 4 saturated heterocycles. The topological polar surface area (TPSA) is 279 Å². The van der Waals surface area contributed by atoms with Crippen molar-refractivity contribution < 1.29 is 84.3 Å². The van der Waals surface area contributed by atoms with E-state index in [4.69, 9.17) is 38.4 Å². The predicted molar refractivity (Wildman–Crippen MR) is 113 cm³/mol. The molecular weight excluding hydrogens is 526 g/mol. The van der Waals surface area contributed by atoms with Crippen molar-refractivity contribution in [2.45, 2.75) is 98.3 Å². The molecule has 0 bridgehead atoms. The number of hydrogen-bond donors (Lipinski definition) is 11. The fraction of sp³-hybridized carbons (Fsp3) is 1.00. The molecule has 0 aromatic heterocycles. The van der Waals surface area contributed by atoms with Gasteiger partial charge >= 0.3 is 0 Å². The van der Waals surface area contributed by atoms with Gasteiger partial charge in [-0.1, -0.05) is 0 Å². The minimum Gasteiger partial charge on any atom is -0.394 e. The van der Waals surface area contributed by atoms with Crippen molar-refractivity contribution in [2.75, 3.05) is 26.4 Å². The van der Waals surface area contributed by atoms with Gasteiger partial charge in [0.25, 0.3) is 0 Å². The van der Waals surface area contributed by atoms with E-state index in [-0.39, 0.29) is 13.2 Å². The van der Waals surface area contributed by atoms with Gasteiger partial charge in [0.1, 0.15) is 73.2 Å². The largest absolute Gasteiger partial charge is 0.394 e. The molecule has 7 unspecified atom stereocenters. The maximum absolute atomic E-state index is 10.7. The molecule has 38 heavy (non-hydrogen) atoms. The average molecular weight is 561 g/mol. The van der Waals surface area contributed by atoms with Crippen LogP contribution in [0, 0.1) is 0 Å². The van der Waals surface area contributed by atoms with Gasteiger partial charge in [0.05, 0.1) is 26.4 Å². The van der Waals surface area contributed by atoms with Gasteiger partial charge in [-0.25, -0.2) is 0 Å². The van der Waals surface area contributed by atoms with E-state index < -0.39 is 112 Å². The van der Waals surface area contributed by atoms with Crippen LogP contribution < -0.4 is 5.48 Å². The highest BCUT2D eigenvalue weighted by atomic mass is 16.8. The Balaban J connectivity index is 1.31. The Morgan fingerprint density at radius 2 is 1.16 bits per heavy atom. The summed E-state index contributed by atoms with van der Waals surface area (Å²) < 4.78 is 37.5. The van der Waals surface area contributed by atoms with Crippen LogP contribution in [-0.4, -0.2) is 176 Å². The van der Waals surface area contributed by atoms with Gasteiger partial charge in [-0.05, 0) is 0 Å². The maximum atomic E-state index is 10.7. The molecule has 11 N–H and O–H groups in total. The molecule has 0 aromatic carbocycles. The van der Waals surface area contributed by atoms with Crippen molar-refractivity contribution in [1.82, 2.24) is 5.48 Å². The quantitative estimate of drug-likeness (QED) is 0.123. The molecule has 0 spiro atoms. The smallest absolute Gasteiger partial charge is 0.187 e. The second-order valence-electron chi connectivity index (χ2n) is 9.46. The SMILES string of the molecule is OC[C@@H]1O[C@@H](OC2C(O)[C@H](O[C@@H]3CO[C@@H](O[C@@H]4CO[C@@H](NO)C(O)C4O)C(O)C3O)OC[C@H]2O)[C@@H](O)C1O. The van der Waals surface area contributed by atoms with Gasteiger partial charge in [0.15, 0.2) is 25.1 Å². The lowest BCUT2D eigenvalue weighted by Gasteiger charge is -2.44. The molecule has 0 amide bonds. The monoisotopic (exact) mass is 561 g/mol. The summed E-state index contributed by atoms with van der Waals surface area (Å²) >= 11 is 0. The zero-order valence-corrected chi connectivity index (χ0v) is 19.9. The van der Waals surface area contributed by atoms with Crippen LogP contribution in [0.3, 0.4) is 0 Å². The zero-order valence-electron chi connectivity index (χ0n) is 19.9. The molecule has 18 nitrogen and oxygen atoms in total. The highest BCUT2D eigenvalue weighted by Gasteiger charge is 2.50. The van der Waals surface area contributed by atoms with Crippen LogP contribution in [0.1, 0.15) is 0 Å². The fourth-order valence-corrected chi connectivity index (χ4v) is 4.57. The third-order valence-electron chi connectivity index (χ3n) is 6.88. The Morgan fingerprint density at radius 3 is 1.76 bits per heavy atom. The van der Waals surface area contributed by atoms with E-state index in [9.17, 15) is 46.0 Å². The Bertz CT molecular complexity index is 752. The van der Waals surface area contributed by atoms with E-state index in [0.29, 0.717) is 0 Å². The van der Waals surface area contributed by atoms with E-state index in [2.05, 4.69) is 0 Å². The van der Waals surface area contributed by atoms with Gasteiger partial charge in [-0.3, -0.25) is 0 Å². The summed E-state index contributed by atoms with van der Waals surface area (Å²) in [6, 6.07) is 0. The van der Waals surface area contributed by atoms with Gasteiger partial charge in [0, 0.05) is 0 Å². The van der Waals surface area contributed by atoms with Crippen molar-refractivity contribution in [3.8, 4) is 0 Å². The first-order chi connectivity index (χ1) is 18.1. The van der Waals surface area contributed by atoms with Crippen LogP contribution in [0.2, 0.25) is 0 Å². The van der Waals surface area contributed by atoms with Gasteiger partial charge in [-0.15, -0.1) is 0 Å². The molecule has 4 aliphatic rings. The molecule has 222 valence electrons. The van der Waals surface area contributed by atoms with E-state index in [0.717, 1.165) is 0 Å². The van der Waals surface area contributed by atoms with Gasteiger partial charge in [0.2, 0.25) is 0 Å². The van der Waals surface area contributed by atoms with Crippen LogP contribution >= 0.6 is 0 Å². The van der Waals surface area contributed by atoms with Crippen molar-refractivity contribution in [2.24, 2.45) is 0 Å². The Labute approximate surface area is 215 Å². The van der Waals surface area contributed by atoms with E-state index >= 15 is 0 Å². The molecule has 4 aliphatic heterocycles. The van der Waals surface area contributed by atoms with Crippen LogP contribution in [0.4, 0.5) is 0 Å². The molecule has 4 fully saturated rings. The summed E-state index contributed by atoms with van der Waals surface area (Å²) in [6.07, 6.45) is -23.3. The summed E-state index contributed by atoms with van der Waals surface area (Å²) in [5, 5.41) is 100. The highest BCUT2D eigenvalue weighted by Crippen LogP contribution is 2.30. The third kappa shape index (κ3) is 6.12. The first kappa shape index (κ1) is 30.2. The molecule has 0 radical (unpaired) electrons. The number of ether oxygens (including phenoxy) is 7. The molecule has 0 saturated carbocycles. The van der Waals surface area contributed by atoms with Gasteiger partial charge < -0.3 is 84.3 Å². The normalized spacial score (nSPS) is 52.3. The third-order valence-corrected chi connectivity index (χ3v) is 6.88. The molecule has 18 heteroatoms. The number of rotatable bonds is 8. The summed E-state index contributed by atoms with van der Waals surface area (Å²) in [6.45, 7) is -1.68.